The Morgan fingerprint density at radius 3 is 2.31 bits per heavy atom. The minimum atomic E-state index is -5.10. The van der Waals surface area contributed by atoms with Gasteiger partial charge >= 0.3 is 18.3 Å². The van der Waals surface area contributed by atoms with Gasteiger partial charge in [-0.15, -0.1) is 0 Å². The second kappa shape index (κ2) is 10.2. The maximum Gasteiger partial charge on any atom is 0.436 e. The predicted octanol–water partition coefficient (Wildman–Crippen LogP) is 5.64. The van der Waals surface area contributed by atoms with Gasteiger partial charge < -0.3 is 15.3 Å². The van der Waals surface area contributed by atoms with E-state index in [2.05, 4.69) is 10.4 Å². The van der Waals surface area contributed by atoms with Crippen molar-refractivity contribution in [3.8, 4) is 0 Å². The van der Waals surface area contributed by atoms with Crippen molar-refractivity contribution in [2.45, 2.75) is 37.9 Å². The Labute approximate surface area is 216 Å². The van der Waals surface area contributed by atoms with Gasteiger partial charge in [-0.2, -0.15) is 31.4 Å². The molecule has 0 fully saturated rings. The van der Waals surface area contributed by atoms with Crippen molar-refractivity contribution in [2.24, 2.45) is 0 Å². The molecule has 2 N–H and O–H groups in total. The third-order valence-corrected chi connectivity index (χ3v) is 6.27. The van der Waals surface area contributed by atoms with Crippen molar-refractivity contribution in [2.75, 3.05) is 18.1 Å². The van der Waals surface area contributed by atoms with Crippen LogP contribution in [-0.2, 0) is 18.9 Å². The lowest BCUT2D eigenvalue weighted by Crippen LogP contribution is -2.31. The smallest absolute Gasteiger partial charge is 0.436 e. The van der Waals surface area contributed by atoms with Crippen molar-refractivity contribution in [1.82, 2.24) is 15.1 Å². The fourth-order valence-electron chi connectivity index (χ4n) is 4.40. The molecule has 2 heterocycles. The molecule has 0 radical (unpaired) electrons. The number of carboxylic acid groups (broad SMARTS) is 1. The zero-order chi connectivity index (χ0) is 28.7. The summed E-state index contributed by atoms with van der Waals surface area (Å²) in [5, 5.41) is 15.0. The van der Waals surface area contributed by atoms with E-state index in [-0.39, 0.29) is 30.0 Å². The molecule has 3 aromatic rings. The van der Waals surface area contributed by atoms with Crippen LogP contribution in [0.2, 0.25) is 0 Å². The van der Waals surface area contributed by atoms with Crippen LogP contribution in [0, 0.1) is 0 Å². The summed E-state index contributed by atoms with van der Waals surface area (Å²) >= 11 is 0. The number of nitrogens with one attached hydrogen (secondary N) is 1. The summed E-state index contributed by atoms with van der Waals surface area (Å²) in [6.45, 7) is -0.219. The van der Waals surface area contributed by atoms with Crippen molar-refractivity contribution in [3.05, 3.63) is 82.0 Å². The molecular weight excluding hydrogens is 537 g/mol. The first-order valence-corrected chi connectivity index (χ1v) is 11.5. The zero-order valence-corrected chi connectivity index (χ0v) is 20.1. The maximum atomic E-state index is 14.0. The number of amides is 1. The molecule has 208 valence electrons. The minimum Gasteiger partial charge on any atom is -0.478 e. The average Bonchev–Trinajstić information content (AvgIpc) is 3.42. The van der Waals surface area contributed by atoms with Gasteiger partial charge in [0, 0.05) is 13.1 Å². The Balaban J connectivity index is 1.71. The van der Waals surface area contributed by atoms with Crippen LogP contribution >= 0.6 is 0 Å². The molecule has 0 bridgehead atoms. The monoisotopic (exact) mass is 558 g/mol. The highest BCUT2D eigenvalue weighted by Gasteiger charge is 2.46. The number of hydrogen-bond donors (Lipinski definition) is 2. The third kappa shape index (κ3) is 5.68. The first kappa shape index (κ1) is 27.9. The molecule has 7 nitrogen and oxygen atoms in total. The molecule has 2 aromatic carbocycles. The number of hydrogen-bond acceptors (Lipinski definition) is 4. The Morgan fingerprint density at radius 1 is 1.08 bits per heavy atom. The summed E-state index contributed by atoms with van der Waals surface area (Å²) in [6, 6.07) is 7.40. The number of halogens is 7. The van der Waals surface area contributed by atoms with E-state index < -0.39 is 59.8 Å². The van der Waals surface area contributed by atoms with Gasteiger partial charge in [-0.25, -0.2) is 13.9 Å². The summed E-state index contributed by atoms with van der Waals surface area (Å²) in [5.41, 5.74) is -2.97. The first-order valence-electron chi connectivity index (χ1n) is 11.5. The summed E-state index contributed by atoms with van der Waals surface area (Å²) in [5.74, 6) is -2.74. The van der Waals surface area contributed by atoms with E-state index in [1.165, 1.54) is 42.2 Å². The van der Waals surface area contributed by atoms with Gasteiger partial charge in [-0.1, -0.05) is 24.3 Å². The molecule has 0 saturated heterocycles. The lowest BCUT2D eigenvalue weighted by molar-refractivity contribution is -0.142. The second-order valence-electron chi connectivity index (χ2n) is 9.00. The van der Waals surface area contributed by atoms with E-state index in [0.717, 1.165) is 22.9 Å². The number of benzene rings is 2. The van der Waals surface area contributed by atoms with Gasteiger partial charge in [-0.3, -0.25) is 4.79 Å². The molecule has 2 atom stereocenters. The highest BCUT2D eigenvalue weighted by atomic mass is 19.4. The number of carboxylic acids is 1. The van der Waals surface area contributed by atoms with Crippen LogP contribution in [0.3, 0.4) is 0 Å². The number of rotatable bonds is 7. The van der Waals surface area contributed by atoms with E-state index in [1.54, 1.807) is 0 Å². The Bertz CT molecular complexity index is 1380. The van der Waals surface area contributed by atoms with Crippen LogP contribution in [0.4, 0.5) is 36.6 Å². The number of carbonyl (C=O) groups excluding carboxylic acids is 1. The van der Waals surface area contributed by atoms with Gasteiger partial charge in [0.25, 0.3) is 5.91 Å². The molecule has 39 heavy (non-hydrogen) atoms. The third-order valence-electron chi connectivity index (χ3n) is 6.27. The quantitative estimate of drug-likeness (QED) is 0.367. The lowest BCUT2D eigenvalue weighted by Gasteiger charge is -2.21. The van der Waals surface area contributed by atoms with Crippen molar-refractivity contribution < 1.29 is 45.4 Å². The fourth-order valence-corrected chi connectivity index (χ4v) is 4.40. The summed E-state index contributed by atoms with van der Waals surface area (Å²) in [7, 11) is 0. The van der Waals surface area contributed by atoms with Gasteiger partial charge in [0.15, 0.2) is 5.69 Å². The number of aromatic carboxylic acids is 1. The molecule has 4 rings (SSSR count). The number of aromatic nitrogens is 2. The molecule has 0 aliphatic carbocycles. The van der Waals surface area contributed by atoms with Gasteiger partial charge in [-0.05, 0) is 42.3 Å². The first-order chi connectivity index (χ1) is 18.2. The summed E-state index contributed by atoms with van der Waals surface area (Å²) in [6.07, 6.45) is -9.75. The number of carbonyl (C=O) groups is 2. The molecule has 1 aromatic heterocycles. The molecule has 1 aliphatic rings. The van der Waals surface area contributed by atoms with E-state index in [4.69, 9.17) is 5.11 Å². The zero-order valence-electron chi connectivity index (χ0n) is 20.1. The predicted molar refractivity (Wildman–Crippen MR) is 124 cm³/mol. The van der Waals surface area contributed by atoms with Crippen LogP contribution in [0.25, 0.3) is 0 Å². The minimum absolute atomic E-state index is 0.0337. The normalized spacial score (nSPS) is 16.2. The number of nitrogens with zero attached hydrogens (tertiary/aromatic N) is 3. The van der Waals surface area contributed by atoms with Gasteiger partial charge in [0.2, 0.25) is 0 Å². The lowest BCUT2D eigenvalue weighted by atomic mass is 10.1. The molecular formula is C25H21F7N4O3. The molecule has 1 amide bonds. The highest BCUT2D eigenvalue weighted by Crippen LogP contribution is 2.42. The van der Waals surface area contributed by atoms with Gasteiger partial charge in [0.05, 0.1) is 17.2 Å². The van der Waals surface area contributed by atoms with Crippen LogP contribution in [-0.4, -0.2) is 40.0 Å². The van der Waals surface area contributed by atoms with E-state index in [0.29, 0.717) is 5.56 Å². The molecule has 1 aliphatic heterocycles. The van der Waals surface area contributed by atoms with Crippen LogP contribution in [0.15, 0.2) is 48.5 Å². The standard InChI is InChI=1S/C25H21F7N4O3/c1-13(15-5-7-16(8-6-15)23(38)39)33-21(37)19-20(25(30,31)32)34-36-18(10-26)12-35(22(19)36)11-14-3-2-4-17(9-14)24(27,28)29/h2-9,13,18H,10-12H2,1H3,(H,33,37)(H,38,39). The van der Waals surface area contributed by atoms with Crippen LogP contribution in [0.1, 0.15) is 62.1 Å². The van der Waals surface area contributed by atoms with Crippen LogP contribution in [0.5, 0.6) is 0 Å². The van der Waals surface area contributed by atoms with Crippen LogP contribution < -0.4 is 10.2 Å². The Morgan fingerprint density at radius 2 is 1.74 bits per heavy atom. The van der Waals surface area contributed by atoms with E-state index in [1.807, 2.05) is 0 Å². The highest BCUT2D eigenvalue weighted by molar-refractivity contribution is 6.01. The topological polar surface area (TPSA) is 87.5 Å². The number of alkyl halides is 7. The number of fused-ring (bicyclic) bond motifs is 1. The van der Waals surface area contributed by atoms with E-state index in [9.17, 15) is 40.3 Å². The van der Waals surface area contributed by atoms with Crippen molar-refractivity contribution in [1.29, 1.82) is 0 Å². The number of anilines is 1. The SMILES string of the molecule is CC(NC(=O)c1c(C(F)(F)F)nn2c1N(Cc1cccc(C(F)(F)F)c1)CC2CF)c1ccc(C(=O)O)cc1. The Hall–Kier alpha value is -4.10. The Kier molecular flexibility index (Phi) is 7.32. The summed E-state index contributed by atoms with van der Waals surface area (Å²) < 4.78 is 96.0. The van der Waals surface area contributed by atoms with Crippen molar-refractivity contribution in [3.63, 3.8) is 0 Å². The van der Waals surface area contributed by atoms with Crippen molar-refractivity contribution >= 4 is 17.7 Å². The fraction of sp³-hybridized carbons (Fsp3) is 0.320. The maximum absolute atomic E-state index is 14.0. The average molecular weight is 558 g/mol. The largest absolute Gasteiger partial charge is 0.478 e. The van der Waals surface area contributed by atoms with E-state index >= 15 is 0 Å². The molecule has 14 heteroatoms. The van der Waals surface area contributed by atoms with Gasteiger partial charge in [0.1, 0.15) is 24.1 Å². The molecule has 0 spiro atoms. The molecule has 0 saturated carbocycles. The second-order valence-corrected chi connectivity index (χ2v) is 9.00. The summed E-state index contributed by atoms with van der Waals surface area (Å²) in [4.78, 5) is 25.5. The molecule has 2 unspecified atom stereocenters.